The maximum absolute atomic E-state index is 12.6. The summed E-state index contributed by atoms with van der Waals surface area (Å²) in [7, 11) is -2.75. The van der Waals surface area contributed by atoms with Crippen LogP contribution in [0.1, 0.15) is 5.56 Å². The van der Waals surface area contributed by atoms with Gasteiger partial charge in [0.05, 0.1) is 22.8 Å². The summed E-state index contributed by atoms with van der Waals surface area (Å²) in [6.45, 7) is -0.453. The number of nitrogens with one attached hydrogen (secondary N) is 1. The summed E-state index contributed by atoms with van der Waals surface area (Å²) in [5.74, 6) is -0.591. The minimum Gasteiger partial charge on any atom is -0.324 e. The number of hydrogen-bond donors (Lipinski definition) is 1. The van der Waals surface area contributed by atoms with Gasteiger partial charge in [0, 0.05) is 12.1 Å². The van der Waals surface area contributed by atoms with E-state index in [1.807, 2.05) is 6.07 Å². The van der Waals surface area contributed by atoms with Crippen LogP contribution in [-0.4, -0.2) is 32.2 Å². The van der Waals surface area contributed by atoms with Crippen LogP contribution in [0.2, 0.25) is 10.0 Å². The highest BCUT2D eigenvalue weighted by Crippen LogP contribution is 2.27. The van der Waals surface area contributed by atoms with Gasteiger partial charge in [0.25, 0.3) is 0 Å². The minimum atomic E-state index is -4.00. The summed E-state index contributed by atoms with van der Waals surface area (Å²) in [6.07, 6.45) is 0. The maximum Gasteiger partial charge on any atom is 0.244 e. The number of carbonyl (C=O) groups is 1. The molecule has 130 valence electrons. The van der Waals surface area contributed by atoms with Crippen molar-refractivity contribution in [3.8, 4) is 6.07 Å². The molecule has 0 atom stereocenters. The lowest BCUT2D eigenvalue weighted by molar-refractivity contribution is -0.116. The van der Waals surface area contributed by atoms with Crippen LogP contribution < -0.4 is 5.32 Å². The number of para-hydroxylation sites is 1. The molecule has 2 aromatic carbocycles. The summed E-state index contributed by atoms with van der Waals surface area (Å²) in [5, 5.41) is 11.7. The Morgan fingerprint density at radius 3 is 2.60 bits per heavy atom. The SMILES string of the molecule is CN(CC(=O)Nc1ccccc1C#N)S(=O)(=O)c1cc(Cl)ccc1Cl. The molecule has 9 heteroatoms. The molecular weight excluding hydrogens is 385 g/mol. The number of hydrogen-bond acceptors (Lipinski definition) is 4. The van der Waals surface area contributed by atoms with Gasteiger partial charge in [-0.1, -0.05) is 35.3 Å². The normalized spacial score (nSPS) is 11.2. The molecule has 0 saturated carbocycles. The van der Waals surface area contributed by atoms with E-state index in [4.69, 9.17) is 28.5 Å². The number of anilines is 1. The smallest absolute Gasteiger partial charge is 0.244 e. The van der Waals surface area contributed by atoms with Crippen LogP contribution in [0.15, 0.2) is 47.4 Å². The molecule has 0 spiro atoms. The van der Waals surface area contributed by atoms with E-state index in [1.54, 1.807) is 24.3 Å². The third-order valence-corrected chi connectivity index (χ3v) is 5.79. The Morgan fingerprint density at radius 1 is 1.24 bits per heavy atom. The number of nitrogens with zero attached hydrogens (tertiary/aromatic N) is 2. The zero-order chi connectivity index (χ0) is 18.6. The second kappa shape index (κ2) is 7.85. The van der Waals surface area contributed by atoms with Crippen molar-refractivity contribution < 1.29 is 13.2 Å². The third kappa shape index (κ3) is 4.50. The molecule has 6 nitrogen and oxygen atoms in total. The summed E-state index contributed by atoms with van der Waals surface area (Å²) in [6, 6.07) is 12.4. The van der Waals surface area contributed by atoms with Crippen molar-refractivity contribution in [1.82, 2.24) is 4.31 Å². The number of benzene rings is 2. The first-order chi connectivity index (χ1) is 11.8. The molecule has 0 heterocycles. The number of rotatable bonds is 5. The predicted octanol–water partition coefficient (Wildman–Crippen LogP) is 3.12. The van der Waals surface area contributed by atoms with Crippen molar-refractivity contribution in [3.05, 3.63) is 58.1 Å². The number of sulfonamides is 1. The van der Waals surface area contributed by atoms with E-state index in [-0.39, 0.29) is 20.5 Å². The minimum absolute atomic E-state index is 0.00600. The fourth-order valence-electron chi connectivity index (χ4n) is 2.01. The van der Waals surface area contributed by atoms with E-state index in [9.17, 15) is 13.2 Å². The number of nitriles is 1. The lowest BCUT2D eigenvalue weighted by Gasteiger charge is -2.18. The molecule has 0 bridgehead atoms. The number of amides is 1. The number of carbonyl (C=O) groups excluding carboxylic acids is 1. The van der Waals surface area contributed by atoms with E-state index in [2.05, 4.69) is 5.32 Å². The van der Waals surface area contributed by atoms with Gasteiger partial charge in [0.15, 0.2) is 0 Å². The molecule has 25 heavy (non-hydrogen) atoms. The van der Waals surface area contributed by atoms with Crippen LogP contribution >= 0.6 is 23.2 Å². The lowest BCUT2D eigenvalue weighted by atomic mass is 10.2. The molecule has 0 fully saturated rings. The maximum atomic E-state index is 12.6. The monoisotopic (exact) mass is 397 g/mol. The molecule has 0 aliphatic rings. The summed E-state index contributed by atoms with van der Waals surface area (Å²) >= 11 is 11.8. The number of halogens is 2. The molecule has 1 N–H and O–H groups in total. The molecule has 0 saturated heterocycles. The first-order valence-electron chi connectivity index (χ1n) is 6.96. The molecule has 0 aliphatic heterocycles. The molecular formula is C16H13Cl2N3O3S. The van der Waals surface area contributed by atoms with E-state index < -0.39 is 22.5 Å². The largest absolute Gasteiger partial charge is 0.324 e. The molecule has 0 aliphatic carbocycles. The Kier molecular flexibility index (Phi) is 6.03. The van der Waals surface area contributed by atoms with Crippen LogP contribution in [0.4, 0.5) is 5.69 Å². The van der Waals surface area contributed by atoms with Gasteiger partial charge in [-0.2, -0.15) is 9.57 Å². The molecule has 1 amide bonds. The van der Waals surface area contributed by atoms with Gasteiger partial charge >= 0.3 is 0 Å². The Labute approximate surface area is 155 Å². The second-order valence-corrected chi connectivity index (χ2v) is 7.90. The standard InChI is InChI=1S/C16H13Cl2N3O3S/c1-21(25(23,24)15-8-12(17)6-7-13(15)18)10-16(22)20-14-5-3-2-4-11(14)9-19/h2-8H,10H2,1H3,(H,20,22). The molecule has 2 aromatic rings. The van der Waals surface area contributed by atoms with Gasteiger partial charge < -0.3 is 5.32 Å². The molecule has 0 radical (unpaired) electrons. The zero-order valence-electron chi connectivity index (χ0n) is 13.0. The van der Waals surface area contributed by atoms with E-state index in [0.29, 0.717) is 5.69 Å². The van der Waals surface area contributed by atoms with Gasteiger partial charge in [-0.25, -0.2) is 8.42 Å². The quantitative estimate of drug-likeness (QED) is 0.838. The zero-order valence-corrected chi connectivity index (χ0v) is 15.4. The number of likely N-dealkylation sites (N-methyl/N-ethyl adjacent to an activating group) is 1. The lowest BCUT2D eigenvalue weighted by Crippen LogP contribution is -2.35. The van der Waals surface area contributed by atoms with Crippen molar-refractivity contribution in [1.29, 1.82) is 5.26 Å². The van der Waals surface area contributed by atoms with Crippen molar-refractivity contribution in [2.24, 2.45) is 0 Å². The Bertz CT molecular complexity index is 955. The topological polar surface area (TPSA) is 90.3 Å². The van der Waals surface area contributed by atoms with Crippen molar-refractivity contribution in [2.45, 2.75) is 4.90 Å². The Hall–Kier alpha value is -2.11. The molecule has 2 rings (SSSR count). The first-order valence-corrected chi connectivity index (χ1v) is 9.15. The fourth-order valence-corrected chi connectivity index (χ4v) is 3.87. The van der Waals surface area contributed by atoms with E-state index >= 15 is 0 Å². The van der Waals surface area contributed by atoms with Crippen LogP contribution in [0.25, 0.3) is 0 Å². The first kappa shape index (κ1) is 19.2. The van der Waals surface area contributed by atoms with Gasteiger partial charge in [-0.15, -0.1) is 0 Å². The average Bonchev–Trinajstić information content (AvgIpc) is 2.57. The van der Waals surface area contributed by atoms with Crippen LogP contribution in [0.3, 0.4) is 0 Å². The Balaban J connectivity index is 2.18. The summed E-state index contributed by atoms with van der Waals surface area (Å²) < 4.78 is 26.0. The van der Waals surface area contributed by atoms with E-state index in [0.717, 1.165) is 4.31 Å². The predicted molar refractivity (Wildman–Crippen MR) is 96.1 cm³/mol. The van der Waals surface area contributed by atoms with E-state index in [1.165, 1.54) is 25.2 Å². The molecule has 0 aromatic heterocycles. The highest BCUT2D eigenvalue weighted by Gasteiger charge is 2.26. The second-order valence-electron chi connectivity index (χ2n) is 5.04. The molecule has 0 unspecified atom stereocenters. The highest BCUT2D eigenvalue weighted by atomic mass is 35.5. The fraction of sp³-hybridized carbons (Fsp3) is 0.125. The van der Waals surface area contributed by atoms with Gasteiger partial charge in [0.2, 0.25) is 15.9 Å². The summed E-state index contributed by atoms with van der Waals surface area (Å²) in [5.41, 5.74) is 0.584. The van der Waals surface area contributed by atoms with Crippen molar-refractivity contribution in [2.75, 3.05) is 18.9 Å². The van der Waals surface area contributed by atoms with Crippen LogP contribution in [-0.2, 0) is 14.8 Å². The van der Waals surface area contributed by atoms with Crippen molar-refractivity contribution >= 4 is 44.8 Å². The summed E-state index contributed by atoms with van der Waals surface area (Å²) in [4.78, 5) is 11.9. The van der Waals surface area contributed by atoms with Crippen molar-refractivity contribution in [3.63, 3.8) is 0 Å². The van der Waals surface area contributed by atoms with Crippen LogP contribution in [0, 0.1) is 11.3 Å². The van der Waals surface area contributed by atoms with Crippen LogP contribution in [0.5, 0.6) is 0 Å². The average molecular weight is 398 g/mol. The Morgan fingerprint density at radius 2 is 1.92 bits per heavy atom. The third-order valence-electron chi connectivity index (χ3n) is 3.27. The van der Waals surface area contributed by atoms with Gasteiger partial charge in [-0.05, 0) is 30.3 Å². The van der Waals surface area contributed by atoms with Gasteiger partial charge in [0.1, 0.15) is 11.0 Å². The highest BCUT2D eigenvalue weighted by molar-refractivity contribution is 7.89. The van der Waals surface area contributed by atoms with Gasteiger partial charge in [-0.3, -0.25) is 4.79 Å².